The number of rotatable bonds is 7. The zero-order valence-corrected chi connectivity index (χ0v) is 17.5. The third-order valence-electron chi connectivity index (χ3n) is 4.74. The molecule has 0 aliphatic carbocycles. The van der Waals surface area contributed by atoms with Gasteiger partial charge in [-0.15, -0.1) is 6.58 Å². The third-order valence-corrected chi connectivity index (χ3v) is 4.74. The van der Waals surface area contributed by atoms with Crippen LogP contribution in [0.1, 0.15) is 17.7 Å². The van der Waals surface area contributed by atoms with Gasteiger partial charge in [0.25, 0.3) is 0 Å². The zero-order chi connectivity index (χ0) is 23.7. The number of amides is 1. The van der Waals surface area contributed by atoms with Gasteiger partial charge in [-0.2, -0.15) is 18.3 Å². The number of pyridine rings is 1. The Kier molecular flexibility index (Phi) is 8.94. The van der Waals surface area contributed by atoms with Crippen molar-refractivity contribution in [1.29, 1.82) is 0 Å². The Bertz CT molecular complexity index is 902. The highest BCUT2D eigenvalue weighted by atomic mass is 19.4. The fourth-order valence-electron chi connectivity index (χ4n) is 3.34. The first-order valence-corrected chi connectivity index (χ1v) is 9.81. The molecule has 174 valence electrons. The van der Waals surface area contributed by atoms with Gasteiger partial charge in [-0.1, -0.05) is 12.1 Å². The number of ether oxygens (including phenoxy) is 1. The third kappa shape index (κ3) is 7.49. The van der Waals surface area contributed by atoms with Gasteiger partial charge < -0.3 is 14.7 Å². The molecular formula is C21H25F3N4O4. The summed E-state index contributed by atoms with van der Waals surface area (Å²) in [5.41, 5.74) is 1.90. The molecule has 0 bridgehead atoms. The monoisotopic (exact) mass is 454 g/mol. The zero-order valence-electron chi connectivity index (χ0n) is 17.5. The minimum Gasteiger partial charge on any atom is -0.475 e. The molecule has 32 heavy (non-hydrogen) atoms. The van der Waals surface area contributed by atoms with E-state index in [1.165, 1.54) is 0 Å². The van der Waals surface area contributed by atoms with Gasteiger partial charge in [0.1, 0.15) is 0 Å². The number of aromatic nitrogens is 3. The summed E-state index contributed by atoms with van der Waals surface area (Å²) in [5.74, 6) is -2.66. The van der Waals surface area contributed by atoms with Crippen LogP contribution in [-0.2, 0) is 34.2 Å². The maximum absolute atomic E-state index is 12.8. The van der Waals surface area contributed by atoms with E-state index in [4.69, 9.17) is 14.6 Å². The lowest BCUT2D eigenvalue weighted by molar-refractivity contribution is -0.192. The predicted octanol–water partition coefficient (Wildman–Crippen LogP) is 2.41. The largest absolute Gasteiger partial charge is 0.490 e. The number of hydrogen-bond donors (Lipinski definition) is 1. The number of nitrogens with zero attached hydrogens (tertiary/aromatic N) is 4. The van der Waals surface area contributed by atoms with Crippen LogP contribution in [0.4, 0.5) is 13.2 Å². The van der Waals surface area contributed by atoms with Gasteiger partial charge in [-0.25, -0.2) is 4.79 Å². The summed E-state index contributed by atoms with van der Waals surface area (Å²) >= 11 is 0. The molecule has 3 heterocycles. The number of alkyl halides is 3. The van der Waals surface area contributed by atoms with Gasteiger partial charge in [0.15, 0.2) is 0 Å². The summed E-state index contributed by atoms with van der Waals surface area (Å²) in [5, 5.41) is 11.4. The van der Waals surface area contributed by atoms with E-state index in [2.05, 4.69) is 16.7 Å². The molecule has 0 radical (unpaired) electrons. The molecule has 2 atom stereocenters. The van der Waals surface area contributed by atoms with Gasteiger partial charge in [0.2, 0.25) is 5.91 Å². The molecule has 1 saturated heterocycles. The first kappa shape index (κ1) is 25.1. The van der Waals surface area contributed by atoms with Gasteiger partial charge >= 0.3 is 12.1 Å². The highest BCUT2D eigenvalue weighted by Crippen LogP contribution is 2.25. The average molecular weight is 454 g/mol. The molecule has 1 fully saturated rings. The summed E-state index contributed by atoms with van der Waals surface area (Å²) in [6.07, 6.45) is 4.14. The molecule has 8 nitrogen and oxygen atoms in total. The predicted molar refractivity (Wildman–Crippen MR) is 109 cm³/mol. The van der Waals surface area contributed by atoms with E-state index in [9.17, 15) is 18.0 Å². The summed E-state index contributed by atoms with van der Waals surface area (Å²) in [6, 6.07) is 5.66. The number of carbonyl (C=O) groups is 2. The molecule has 3 rings (SSSR count). The summed E-state index contributed by atoms with van der Waals surface area (Å²) in [4.78, 5) is 27.9. The van der Waals surface area contributed by atoms with E-state index >= 15 is 0 Å². The fraction of sp³-hybridized carbons (Fsp3) is 0.429. The molecular weight excluding hydrogens is 429 g/mol. The lowest BCUT2D eigenvalue weighted by atomic mass is 10.0. The van der Waals surface area contributed by atoms with Crippen molar-refractivity contribution in [3.05, 3.63) is 60.7 Å². The standard InChI is InChI=1S/C19H24N4O2.C2HF3O2/c1-3-10-25-18-7-9-23(17(18)11-15-13-21-22(2)14-15)19(24)12-16-6-4-5-8-20-16;3-2(4,5)1(6)7/h3-6,8,13-14,17-18H,1,7,9-12H2,2H3;(H,6,7)/t17-,18+;/m0./s1. The Morgan fingerprint density at radius 3 is 2.62 bits per heavy atom. The Morgan fingerprint density at radius 2 is 2.09 bits per heavy atom. The van der Waals surface area contributed by atoms with Crippen LogP contribution in [0, 0.1) is 0 Å². The molecule has 1 N–H and O–H groups in total. The van der Waals surface area contributed by atoms with Crippen molar-refractivity contribution in [2.24, 2.45) is 7.05 Å². The lowest BCUT2D eigenvalue weighted by Gasteiger charge is -2.28. The Balaban J connectivity index is 0.000000451. The van der Waals surface area contributed by atoms with Gasteiger partial charge in [-0.05, 0) is 30.5 Å². The minimum absolute atomic E-state index is 0.0142. The second-order valence-corrected chi connectivity index (χ2v) is 7.13. The molecule has 0 aromatic carbocycles. The van der Waals surface area contributed by atoms with E-state index in [1.807, 2.05) is 42.5 Å². The number of carbonyl (C=O) groups excluding carboxylic acids is 1. The van der Waals surface area contributed by atoms with Crippen molar-refractivity contribution in [3.8, 4) is 0 Å². The summed E-state index contributed by atoms with van der Waals surface area (Å²) < 4.78 is 39.4. The maximum Gasteiger partial charge on any atom is 0.490 e. The van der Waals surface area contributed by atoms with Crippen LogP contribution < -0.4 is 0 Å². The van der Waals surface area contributed by atoms with E-state index in [0.717, 1.165) is 24.1 Å². The van der Waals surface area contributed by atoms with Crippen molar-refractivity contribution in [3.63, 3.8) is 0 Å². The SMILES string of the molecule is C=CCO[C@@H]1CCN(C(=O)Cc2ccccn2)[C@H]1Cc1cnn(C)c1.O=C(O)C(F)(F)F. The first-order chi connectivity index (χ1) is 15.1. The van der Waals surface area contributed by atoms with E-state index in [0.29, 0.717) is 19.6 Å². The normalized spacial score (nSPS) is 18.1. The van der Waals surface area contributed by atoms with Gasteiger partial charge in [-0.3, -0.25) is 14.5 Å². The van der Waals surface area contributed by atoms with Crippen LogP contribution in [-0.4, -0.2) is 68.1 Å². The number of hydrogen-bond acceptors (Lipinski definition) is 5. The van der Waals surface area contributed by atoms with Crippen molar-refractivity contribution in [2.75, 3.05) is 13.2 Å². The van der Waals surface area contributed by atoms with Gasteiger partial charge in [0, 0.05) is 31.7 Å². The summed E-state index contributed by atoms with van der Waals surface area (Å²) in [6.45, 7) is 4.92. The molecule has 1 aliphatic rings. The van der Waals surface area contributed by atoms with E-state index in [1.54, 1.807) is 17.0 Å². The quantitative estimate of drug-likeness (QED) is 0.646. The number of likely N-dealkylation sites (tertiary alicyclic amines) is 1. The molecule has 0 unspecified atom stereocenters. The van der Waals surface area contributed by atoms with Crippen LogP contribution >= 0.6 is 0 Å². The maximum atomic E-state index is 12.8. The Hall–Kier alpha value is -3.21. The molecule has 11 heteroatoms. The number of aryl methyl sites for hydroxylation is 1. The second kappa shape index (κ2) is 11.4. The Morgan fingerprint density at radius 1 is 1.38 bits per heavy atom. The summed E-state index contributed by atoms with van der Waals surface area (Å²) in [7, 11) is 1.90. The highest BCUT2D eigenvalue weighted by molar-refractivity contribution is 5.79. The smallest absolute Gasteiger partial charge is 0.475 e. The van der Waals surface area contributed by atoms with Crippen LogP contribution in [0.15, 0.2) is 49.4 Å². The topological polar surface area (TPSA) is 97.5 Å². The van der Waals surface area contributed by atoms with Crippen LogP contribution in [0.3, 0.4) is 0 Å². The molecule has 0 saturated carbocycles. The molecule has 2 aromatic rings. The minimum atomic E-state index is -5.08. The number of aliphatic carboxylic acids is 1. The lowest BCUT2D eigenvalue weighted by Crippen LogP contribution is -2.42. The molecule has 2 aromatic heterocycles. The Labute approximate surface area is 183 Å². The van der Waals surface area contributed by atoms with Crippen LogP contribution in [0.25, 0.3) is 0 Å². The highest BCUT2D eigenvalue weighted by Gasteiger charge is 2.38. The number of carboxylic acids is 1. The van der Waals surface area contributed by atoms with Crippen molar-refractivity contribution >= 4 is 11.9 Å². The van der Waals surface area contributed by atoms with E-state index < -0.39 is 12.1 Å². The molecule has 1 amide bonds. The average Bonchev–Trinajstić information content (AvgIpc) is 3.33. The van der Waals surface area contributed by atoms with Gasteiger partial charge in [0.05, 0.1) is 31.4 Å². The van der Waals surface area contributed by atoms with Crippen molar-refractivity contribution in [1.82, 2.24) is 19.7 Å². The van der Waals surface area contributed by atoms with Crippen LogP contribution in [0.2, 0.25) is 0 Å². The number of carboxylic acid groups (broad SMARTS) is 1. The van der Waals surface area contributed by atoms with Crippen molar-refractivity contribution in [2.45, 2.75) is 37.6 Å². The van der Waals surface area contributed by atoms with Crippen LogP contribution in [0.5, 0.6) is 0 Å². The number of halogens is 3. The molecule has 1 aliphatic heterocycles. The van der Waals surface area contributed by atoms with Crippen molar-refractivity contribution < 1.29 is 32.6 Å². The second-order valence-electron chi connectivity index (χ2n) is 7.13. The fourth-order valence-corrected chi connectivity index (χ4v) is 3.34. The first-order valence-electron chi connectivity index (χ1n) is 9.81. The van der Waals surface area contributed by atoms with E-state index in [-0.39, 0.29) is 18.1 Å². The molecule has 0 spiro atoms.